The number of hydrogen-bond acceptors (Lipinski definition) is 3. The predicted molar refractivity (Wildman–Crippen MR) is 128 cm³/mol. The number of ether oxygens (including phenoxy) is 1. The number of carbonyl (C=O) groups is 2. The number of likely N-dealkylation sites (tertiary alicyclic amines) is 1. The molecule has 1 amide bonds. The van der Waals surface area contributed by atoms with Gasteiger partial charge in [0.05, 0.1) is 29.2 Å². The quantitative estimate of drug-likeness (QED) is 0.145. The molecule has 0 N–H and O–H groups in total. The number of amides is 1. The van der Waals surface area contributed by atoms with Crippen molar-refractivity contribution in [3.05, 3.63) is 34.9 Å². The first kappa shape index (κ1) is 31.0. The smallest absolute Gasteiger partial charge is 0.417 e. The molecular formula is C27H37F6NO3. The van der Waals surface area contributed by atoms with E-state index in [4.69, 9.17) is 4.74 Å². The minimum atomic E-state index is -4.98. The minimum absolute atomic E-state index is 0.0373. The fourth-order valence-electron chi connectivity index (χ4n) is 4.51. The summed E-state index contributed by atoms with van der Waals surface area (Å²) < 4.78 is 84.5. The van der Waals surface area contributed by atoms with Gasteiger partial charge in [0, 0.05) is 13.1 Å². The molecule has 1 aromatic carbocycles. The second-order valence-corrected chi connectivity index (χ2v) is 9.67. The Kier molecular flexibility index (Phi) is 12.2. The number of alkyl halides is 6. The molecule has 1 aromatic rings. The second-order valence-electron chi connectivity index (χ2n) is 9.67. The largest absolute Gasteiger partial charge is 0.465 e. The summed E-state index contributed by atoms with van der Waals surface area (Å²) in [6, 6.07) is 0.849. The fourth-order valence-corrected chi connectivity index (χ4v) is 4.51. The maximum Gasteiger partial charge on any atom is 0.417 e. The monoisotopic (exact) mass is 537 g/mol. The van der Waals surface area contributed by atoms with Crippen molar-refractivity contribution in [2.75, 3.05) is 19.7 Å². The first-order valence-corrected chi connectivity index (χ1v) is 13.2. The van der Waals surface area contributed by atoms with Crippen LogP contribution in [0.15, 0.2) is 18.2 Å². The van der Waals surface area contributed by atoms with Crippen molar-refractivity contribution >= 4 is 11.9 Å². The van der Waals surface area contributed by atoms with Crippen LogP contribution in [0, 0.1) is 5.92 Å². The molecule has 0 radical (unpaired) electrons. The highest BCUT2D eigenvalue weighted by Gasteiger charge is 2.40. The van der Waals surface area contributed by atoms with Gasteiger partial charge < -0.3 is 9.64 Å². The van der Waals surface area contributed by atoms with Gasteiger partial charge in [-0.1, -0.05) is 64.7 Å². The van der Waals surface area contributed by atoms with Gasteiger partial charge in [-0.25, -0.2) is 0 Å². The van der Waals surface area contributed by atoms with Crippen LogP contribution in [0.25, 0.3) is 0 Å². The van der Waals surface area contributed by atoms with Crippen LogP contribution >= 0.6 is 0 Å². The zero-order valence-electron chi connectivity index (χ0n) is 21.4. The highest BCUT2D eigenvalue weighted by molar-refractivity contribution is 5.96. The maximum atomic E-state index is 13.4. The van der Waals surface area contributed by atoms with E-state index in [1.54, 1.807) is 0 Å². The Hall–Kier alpha value is -2.26. The number of benzene rings is 1. The molecule has 1 saturated heterocycles. The summed E-state index contributed by atoms with van der Waals surface area (Å²) in [5.74, 6) is -2.02. The summed E-state index contributed by atoms with van der Waals surface area (Å²) >= 11 is 0. The number of piperidine rings is 1. The summed E-state index contributed by atoms with van der Waals surface area (Å²) in [5, 5.41) is 0. The van der Waals surface area contributed by atoms with E-state index < -0.39 is 46.8 Å². The van der Waals surface area contributed by atoms with Crippen molar-refractivity contribution in [1.29, 1.82) is 0 Å². The number of carbonyl (C=O) groups excluding carboxylic acids is 2. The van der Waals surface area contributed by atoms with E-state index >= 15 is 0 Å². The van der Waals surface area contributed by atoms with Gasteiger partial charge in [-0.15, -0.1) is 0 Å². The van der Waals surface area contributed by atoms with E-state index in [0.29, 0.717) is 12.7 Å². The van der Waals surface area contributed by atoms with Gasteiger partial charge in [-0.2, -0.15) is 26.3 Å². The van der Waals surface area contributed by atoms with Crippen LogP contribution in [0.1, 0.15) is 105 Å². The van der Waals surface area contributed by atoms with Gasteiger partial charge in [0.1, 0.15) is 0 Å². The first-order valence-electron chi connectivity index (χ1n) is 13.2. The third-order valence-corrected chi connectivity index (χ3v) is 6.74. The lowest BCUT2D eigenvalue weighted by Crippen LogP contribution is -2.41. The van der Waals surface area contributed by atoms with E-state index in [9.17, 15) is 35.9 Å². The molecule has 210 valence electrons. The Morgan fingerprint density at radius 2 is 1.38 bits per heavy atom. The molecule has 1 fully saturated rings. The van der Waals surface area contributed by atoms with Gasteiger partial charge in [-0.05, 0) is 37.5 Å². The summed E-state index contributed by atoms with van der Waals surface area (Å²) in [4.78, 5) is 26.2. The number of esters is 1. The number of rotatable bonds is 13. The fraction of sp³-hybridized carbons (Fsp3) is 0.704. The molecule has 2 rings (SSSR count). The van der Waals surface area contributed by atoms with Crippen molar-refractivity contribution in [2.45, 2.75) is 96.3 Å². The maximum absolute atomic E-state index is 13.4. The molecule has 0 saturated carbocycles. The zero-order chi connectivity index (χ0) is 27.5. The molecule has 0 aromatic heterocycles. The highest BCUT2D eigenvalue weighted by Crippen LogP contribution is 2.37. The average molecular weight is 538 g/mol. The number of halogens is 6. The standard InChI is InChI=1S/C27H37F6NO3/c1-2-3-4-5-6-7-8-9-10-11-18-37-25(36)20-14-16-34(17-15-20)24(35)22-19-21(26(28,29)30)12-13-23(22)27(31,32)33/h12-13,19-20H,2-11,14-18H2,1H3. The average Bonchev–Trinajstić information content (AvgIpc) is 2.85. The Labute approximate surface area is 214 Å². The van der Waals surface area contributed by atoms with E-state index in [0.717, 1.165) is 30.6 Å². The first-order chi connectivity index (χ1) is 17.4. The molecule has 0 spiro atoms. The van der Waals surface area contributed by atoms with Gasteiger partial charge in [0.25, 0.3) is 5.91 Å². The third-order valence-electron chi connectivity index (χ3n) is 6.74. The summed E-state index contributed by atoms with van der Waals surface area (Å²) in [5.41, 5.74) is -3.78. The molecule has 0 atom stereocenters. The Balaban J connectivity index is 1.76. The molecular weight excluding hydrogens is 500 g/mol. The van der Waals surface area contributed by atoms with Gasteiger partial charge >= 0.3 is 18.3 Å². The molecule has 1 aliphatic heterocycles. The summed E-state index contributed by atoms with van der Waals surface area (Å²) in [7, 11) is 0. The van der Waals surface area contributed by atoms with Crippen molar-refractivity contribution in [2.24, 2.45) is 5.92 Å². The molecule has 4 nitrogen and oxygen atoms in total. The van der Waals surface area contributed by atoms with Crippen molar-refractivity contribution in [3.8, 4) is 0 Å². The van der Waals surface area contributed by atoms with E-state index in [-0.39, 0.29) is 38.1 Å². The Bertz CT molecular complexity index is 861. The van der Waals surface area contributed by atoms with Crippen molar-refractivity contribution in [1.82, 2.24) is 4.90 Å². The van der Waals surface area contributed by atoms with Crippen molar-refractivity contribution in [3.63, 3.8) is 0 Å². The molecule has 0 bridgehead atoms. The predicted octanol–water partition coefficient (Wildman–Crippen LogP) is 8.04. The van der Waals surface area contributed by atoms with Crippen LogP contribution in [0.4, 0.5) is 26.3 Å². The third kappa shape index (κ3) is 10.2. The van der Waals surface area contributed by atoms with Crippen LogP contribution in [-0.2, 0) is 21.9 Å². The second kappa shape index (κ2) is 14.6. The molecule has 37 heavy (non-hydrogen) atoms. The summed E-state index contributed by atoms with van der Waals surface area (Å²) in [6.07, 6.45) is 2.03. The van der Waals surface area contributed by atoms with E-state index in [1.807, 2.05) is 0 Å². The topological polar surface area (TPSA) is 46.6 Å². The van der Waals surface area contributed by atoms with Crippen LogP contribution in [0.5, 0.6) is 0 Å². The van der Waals surface area contributed by atoms with Gasteiger partial charge in [0.2, 0.25) is 0 Å². The van der Waals surface area contributed by atoms with E-state index in [2.05, 4.69) is 6.92 Å². The Morgan fingerprint density at radius 3 is 1.89 bits per heavy atom. The van der Waals surface area contributed by atoms with Crippen LogP contribution < -0.4 is 0 Å². The molecule has 0 aliphatic carbocycles. The lowest BCUT2D eigenvalue weighted by atomic mass is 9.95. The van der Waals surface area contributed by atoms with Crippen LogP contribution in [0.2, 0.25) is 0 Å². The number of nitrogens with zero attached hydrogens (tertiary/aromatic N) is 1. The molecule has 10 heteroatoms. The SMILES string of the molecule is CCCCCCCCCCCCOC(=O)C1CCN(C(=O)c2cc(C(F)(F)F)ccc2C(F)(F)F)CC1. The van der Waals surface area contributed by atoms with Gasteiger partial charge in [-0.3, -0.25) is 9.59 Å². The number of unbranched alkanes of at least 4 members (excludes halogenated alkanes) is 9. The minimum Gasteiger partial charge on any atom is -0.465 e. The molecule has 1 aliphatic rings. The highest BCUT2D eigenvalue weighted by atomic mass is 19.4. The summed E-state index contributed by atoms with van der Waals surface area (Å²) in [6.45, 7) is 2.42. The molecule has 0 unspecified atom stereocenters. The lowest BCUT2D eigenvalue weighted by Gasteiger charge is -2.31. The number of hydrogen-bond donors (Lipinski definition) is 0. The van der Waals surface area contributed by atoms with E-state index in [1.165, 1.54) is 38.5 Å². The van der Waals surface area contributed by atoms with Gasteiger partial charge in [0.15, 0.2) is 0 Å². The van der Waals surface area contributed by atoms with Crippen LogP contribution in [-0.4, -0.2) is 36.5 Å². The Morgan fingerprint density at radius 1 is 0.838 bits per heavy atom. The lowest BCUT2D eigenvalue weighted by molar-refractivity contribution is -0.150. The van der Waals surface area contributed by atoms with Crippen LogP contribution in [0.3, 0.4) is 0 Å². The van der Waals surface area contributed by atoms with Crippen molar-refractivity contribution < 1.29 is 40.7 Å². The zero-order valence-corrected chi connectivity index (χ0v) is 21.4. The normalized spacial score (nSPS) is 15.2. The molecule has 1 heterocycles.